The number of hydrogen-bond acceptors (Lipinski definition) is 6. The Morgan fingerprint density at radius 2 is 1.89 bits per heavy atom. The Kier molecular flexibility index (Phi) is 5.02. The van der Waals surface area contributed by atoms with Crippen LogP contribution in [0, 0.1) is 0 Å². The molecule has 2 aliphatic rings. The number of hydrogen-bond donors (Lipinski definition) is 1. The van der Waals surface area contributed by atoms with Crippen molar-refractivity contribution in [1.29, 1.82) is 0 Å². The molecule has 1 saturated heterocycles. The minimum atomic E-state index is -0.200. The molecular formula is C22H30N4O2. The molecule has 6 nitrogen and oxygen atoms in total. The van der Waals surface area contributed by atoms with Gasteiger partial charge < -0.3 is 14.4 Å². The van der Waals surface area contributed by atoms with Gasteiger partial charge in [-0.3, -0.25) is 5.32 Å². The molecule has 0 unspecified atom stereocenters. The summed E-state index contributed by atoms with van der Waals surface area (Å²) in [6, 6.07) is 6.52. The van der Waals surface area contributed by atoms with E-state index in [4.69, 9.17) is 9.47 Å². The number of benzene rings is 1. The van der Waals surface area contributed by atoms with E-state index >= 15 is 0 Å². The third-order valence-electron chi connectivity index (χ3n) is 6.42. The third kappa shape index (κ3) is 3.35. The lowest BCUT2D eigenvalue weighted by molar-refractivity contribution is -0.0440. The van der Waals surface area contributed by atoms with Crippen molar-refractivity contribution in [2.45, 2.75) is 64.7 Å². The summed E-state index contributed by atoms with van der Waals surface area (Å²) in [6.45, 7) is 11.2. The van der Waals surface area contributed by atoms with Crippen molar-refractivity contribution in [2.24, 2.45) is 0 Å². The molecule has 2 aromatic rings. The van der Waals surface area contributed by atoms with Gasteiger partial charge in [-0.2, -0.15) is 0 Å². The molecule has 1 atom stereocenters. The predicted octanol–water partition coefficient (Wildman–Crippen LogP) is 4.35. The Bertz CT molecular complexity index is 835. The van der Waals surface area contributed by atoms with E-state index in [1.54, 1.807) is 0 Å². The lowest BCUT2D eigenvalue weighted by atomic mass is 9.87. The minimum absolute atomic E-state index is 0.146. The molecule has 0 saturated carbocycles. The summed E-state index contributed by atoms with van der Waals surface area (Å²) < 4.78 is 12.1. The van der Waals surface area contributed by atoms with Crippen molar-refractivity contribution in [3.8, 4) is 11.8 Å². The fraction of sp³-hybridized carbons (Fsp3) is 0.545. The molecule has 0 spiro atoms. The summed E-state index contributed by atoms with van der Waals surface area (Å²) >= 11 is 0. The first-order valence-electron chi connectivity index (χ1n) is 10.3. The van der Waals surface area contributed by atoms with Crippen LogP contribution in [-0.2, 0) is 16.9 Å². The molecule has 0 aliphatic carbocycles. The number of anilines is 1. The molecule has 0 amide bonds. The number of fused-ring (bicyclic) bond motifs is 1. The van der Waals surface area contributed by atoms with Crippen LogP contribution in [0.3, 0.4) is 0 Å². The van der Waals surface area contributed by atoms with E-state index in [2.05, 4.69) is 60.0 Å². The van der Waals surface area contributed by atoms with Crippen molar-refractivity contribution in [3.05, 3.63) is 41.7 Å². The summed E-state index contributed by atoms with van der Waals surface area (Å²) in [5, 5.41) is 3.56. The normalized spacial score (nSPS) is 23.1. The smallest absolute Gasteiger partial charge is 0.322 e. The van der Waals surface area contributed by atoms with Crippen molar-refractivity contribution >= 4 is 5.69 Å². The van der Waals surface area contributed by atoms with Gasteiger partial charge in [0.15, 0.2) is 0 Å². The van der Waals surface area contributed by atoms with Gasteiger partial charge in [-0.25, -0.2) is 9.97 Å². The monoisotopic (exact) mass is 382 g/mol. The Hall–Kier alpha value is -2.18. The van der Waals surface area contributed by atoms with Gasteiger partial charge in [-0.1, -0.05) is 26.8 Å². The molecule has 28 heavy (non-hydrogen) atoms. The van der Waals surface area contributed by atoms with Gasteiger partial charge in [0, 0.05) is 12.1 Å². The van der Waals surface area contributed by atoms with Crippen LogP contribution >= 0.6 is 0 Å². The maximum atomic E-state index is 6.12. The highest BCUT2D eigenvalue weighted by Crippen LogP contribution is 2.43. The predicted molar refractivity (Wildman–Crippen MR) is 110 cm³/mol. The molecule has 150 valence electrons. The summed E-state index contributed by atoms with van der Waals surface area (Å²) in [4.78, 5) is 11.1. The second-order valence-electron chi connectivity index (χ2n) is 8.08. The fourth-order valence-corrected chi connectivity index (χ4v) is 4.17. The van der Waals surface area contributed by atoms with Gasteiger partial charge in [-0.15, -0.1) is 0 Å². The van der Waals surface area contributed by atoms with E-state index < -0.39 is 0 Å². The molecule has 1 N–H and O–H groups in total. The molecule has 4 rings (SSSR count). The van der Waals surface area contributed by atoms with E-state index in [9.17, 15) is 0 Å². The van der Waals surface area contributed by atoms with Crippen molar-refractivity contribution in [1.82, 2.24) is 15.3 Å². The highest BCUT2D eigenvalue weighted by atomic mass is 16.5. The van der Waals surface area contributed by atoms with Crippen LogP contribution in [0.25, 0.3) is 0 Å². The molecule has 1 aromatic carbocycles. The van der Waals surface area contributed by atoms with Crippen molar-refractivity contribution in [2.75, 3.05) is 18.1 Å². The first kappa shape index (κ1) is 19.2. The lowest BCUT2D eigenvalue weighted by Crippen LogP contribution is -2.38. The molecule has 3 heterocycles. The minimum Gasteiger partial charge on any atom is -0.424 e. The molecule has 1 fully saturated rings. The standard InChI is InChI=1S/C22H30N4O2/c1-5-21(4)14-26(15-25-21)17-11-23-20(24-12-17)28-18-9-8-16-13-27-22(6-2,7-3)19(16)10-18/h8-12,25H,5-7,13-15H2,1-4H3/t21-/m1/s1. The number of rotatable bonds is 6. The highest BCUT2D eigenvalue weighted by Gasteiger charge is 2.37. The number of nitrogens with one attached hydrogen (secondary N) is 1. The highest BCUT2D eigenvalue weighted by molar-refractivity contribution is 5.45. The summed E-state index contributed by atoms with van der Waals surface area (Å²) in [6.07, 6.45) is 6.66. The molecule has 2 aliphatic heterocycles. The van der Waals surface area contributed by atoms with Gasteiger partial charge in [-0.05, 0) is 49.4 Å². The van der Waals surface area contributed by atoms with Crippen LogP contribution in [0.2, 0.25) is 0 Å². The van der Waals surface area contributed by atoms with Gasteiger partial charge in [0.1, 0.15) is 5.75 Å². The Labute approximate surface area is 167 Å². The number of ether oxygens (including phenoxy) is 2. The quantitative estimate of drug-likeness (QED) is 0.801. The molecule has 0 radical (unpaired) electrons. The summed E-state index contributed by atoms with van der Waals surface area (Å²) in [5.41, 5.74) is 3.43. The van der Waals surface area contributed by atoms with E-state index in [0.717, 1.165) is 43.9 Å². The van der Waals surface area contributed by atoms with Crippen LogP contribution in [0.5, 0.6) is 11.8 Å². The van der Waals surface area contributed by atoms with Crippen LogP contribution in [0.4, 0.5) is 5.69 Å². The Morgan fingerprint density at radius 3 is 2.54 bits per heavy atom. The zero-order valence-electron chi connectivity index (χ0n) is 17.3. The second-order valence-corrected chi connectivity index (χ2v) is 8.08. The van der Waals surface area contributed by atoms with Crippen LogP contribution in [-0.4, -0.2) is 28.7 Å². The van der Waals surface area contributed by atoms with Crippen molar-refractivity contribution in [3.63, 3.8) is 0 Å². The topological polar surface area (TPSA) is 59.5 Å². The summed E-state index contributed by atoms with van der Waals surface area (Å²) in [5.74, 6) is 0.754. The third-order valence-corrected chi connectivity index (χ3v) is 6.42. The Balaban J connectivity index is 1.49. The number of nitrogens with zero attached hydrogens (tertiary/aromatic N) is 3. The van der Waals surface area contributed by atoms with E-state index in [1.165, 1.54) is 11.1 Å². The van der Waals surface area contributed by atoms with E-state index in [1.807, 2.05) is 18.5 Å². The fourth-order valence-electron chi connectivity index (χ4n) is 4.17. The first-order chi connectivity index (χ1) is 13.5. The van der Waals surface area contributed by atoms with E-state index in [-0.39, 0.29) is 11.1 Å². The van der Waals surface area contributed by atoms with Crippen LogP contribution in [0.15, 0.2) is 30.6 Å². The first-order valence-corrected chi connectivity index (χ1v) is 10.3. The lowest BCUT2D eigenvalue weighted by Gasteiger charge is -2.26. The average molecular weight is 383 g/mol. The van der Waals surface area contributed by atoms with Gasteiger partial charge >= 0.3 is 6.01 Å². The van der Waals surface area contributed by atoms with Crippen molar-refractivity contribution < 1.29 is 9.47 Å². The maximum absolute atomic E-state index is 6.12. The zero-order valence-corrected chi connectivity index (χ0v) is 17.3. The van der Waals surface area contributed by atoms with Gasteiger partial charge in [0.05, 0.1) is 37.0 Å². The second kappa shape index (κ2) is 7.33. The largest absolute Gasteiger partial charge is 0.424 e. The van der Waals surface area contributed by atoms with Crippen LogP contribution < -0.4 is 15.0 Å². The number of aromatic nitrogens is 2. The zero-order chi connectivity index (χ0) is 19.8. The maximum Gasteiger partial charge on any atom is 0.322 e. The van der Waals surface area contributed by atoms with Crippen LogP contribution in [0.1, 0.15) is 58.1 Å². The Morgan fingerprint density at radius 1 is 1.14 bits per heavy atom. The SMILES string of the molecule is CCC1(CC)OCc2ccc(Oc3ncc(N4CN[C@](C)(CC)C4)cn3)cc21. The molecule has 1 aromatic heterocycles. The van der Waals surface area contributed by atoms with Gasteiger partial charge in [0.2, 0.25) is 0 Å². The molecule has 6 heteroatoms. The molecular weight excluding hydrogens is 352 g/mol. The molecule has 0 bridgehead atoms. The van der Waals surface area contributed by atoms with E-state index in [0.29, 0.717) is 12.6 Å². The average Bonchev–Trinajstić information content (AvgIpc) is 3.30. The van der Waals surface area contributed by atoms with Gasteiger partial charge in [0.25, 0.3) is 0 Å². The summed E-state index contributed by atoms with van der Waals surface area (Å²) in [7, 11) is 0.